The third kappa shape index (κ3) is 4.37. The first-order chi connectivity index (χ1) is 9.67. The van der Waals surface area contributed by atoms with Crippen LogP contribution in [-0.2, 0) is 9.59 Å². The van der Waals surface area contributed by atoms with Crippen LogP contribution < -0.4 is 10.6 Å². The molecular formula is C16H22N2O2. The third-order valence-corrected chi connectivity index (χ3v) is 3.70. The molecule has 1 aliphatic carbocycles. The van der Waals surface area contributed by atoms with Gasteiger partial charge in [0.25, 0.3) is 0 Å². The SMILES string of the molecule is CCC(=O)Nc1cccc(NC(=O)CC2CCCC2)c1. The van der Waals surface area contributed by atoms with Crippen molar-refractivity contribution in [2.24, 2.45) is 5.92 Å². The van der Waals surface area contributed by atoms with Crippen LogP contribution >= 0.6 is 0 Å². The van der Waals surface area contributed by atoms with Gasteiger partial charge in [-0.25, -0.2) is 0 Å². The highest BCUT2D eigenvalue weighted by atomic mass is 16.2. The number of nitrogens with one attached hydrogen (secondary N) is 2. The summed E-state index contributed by atoms with van der Waals surface area (Å²) in [7, 11) is 0. The van der Waals surface area contributed by atoms with E-state index in [1.165, 1.54) is 25.7 Å². The average Bonchev–Trinajstić information content (AvgIpc) is 2.91. The predicted molar refractivity (Wildman–Crippen MR) is 80.6 cm³/mol. The Morgan fingerprint density at radius 3 is 2.30 bits per heavy atom. The van der Waals surface area contributed by atoms with E-state index < -0.39 is 0 Å². The van der Waals surface area contributed by atoms with Gasteiger partial charge < -0.3 is 10.6 Å². The Kier molecular flexibility index (Phi) is 5.16. The molecule has 1 fully saturated rings. The Balaban J connectivity index is 1.89. The van der Waals surface area contributed by atoms with Gasteiger partial charge in [-0.2, -0.15) is 0 Å². The van der Waals surface area contributed by atoms with Crippen molar-refractivity contribution in [3.05, 3.63) is 24.3 Å². The highest BCUT2D eigenvalue weighted by molar-refractivity contribution is 5.94. The van der Waals surface area contributed by atoms with E-state index in [0.717, 1.165) is 11.4 Å². The normalized spacial score (nSPS) is 15.1. The van der Waals surface area contributed by atoms with Crippen LogP contribution in [0.5, 0.6) is 0 Å². The minimum Gasteiger partial charge on any atom is -0.326 e. The van der Waals surface area contributed by atoms with Gasteiger partial charge in [0, 0.05) is 24.2 Å². The van der Waals surface area contributed by atoms with Crippen LogP contribution in [0.2, 0.25) is 0 Å². The summed E-state index contributed by atoms with van der Waals surface area (Å²) >= 11 is 0. The molecule has 108 valence electrons. The average molecular weight is 274 g/mol. The van der Waals surface area contributed by atoms with Crippen molar-refractivity contribution in [2.75, 3.05) is 10.6 Å². The molecule has 0 aliphatic heterocycles. The number of benzene rings is 1. The molecule has 20 heavy (non-hydrogen) atoms. The zero-order valence-corrected chi connectivity index (χ0v) is 11.9. The second-order valence-electron chi connectivity index (χ2n) is 5.39. The molecular weight excluding hydrogens is 252 g/mol. The Labute approximate surface area is 119 Å². The summed E-state index contributed by atoms with van der Waals surface area (Å²) in [4.78, 5) is 23.3. The van der Waals surface area contributed by atoms with Gasteiger partial charge in [0.2, 0.25) is 11.8 Å². The Bertz CT molecular complexity index is 479. The van der Waals surface area contributed by atoms with Gasteiger partial charge in [-0.1, -0.05) is 25.8 Å². The zero-order chi connectivity index (χ0) is 14.4. The van der Waals surface area contributed by atoms with E-state index >= 15 is 0 Å². The fourth-order valence-electron chi connectivity index (χ4n) is 2.61. The van der Waals surface area contributed by atoms with Gasteiger partial charge in [0.1, 0.15) is 0 Å². The summed E-state index contributed by atoms with van der Waals surface area (Å²) in [6, 6.07) is 7.28. The molecule has 0 radical (unpaired) electrons. The van der Waals surface area contributed by atoms with Crippen LogP contribution in [0.4, 0.5) is 11.4 Å². The van der Waals surface area contributed by atoms with Gasteiger partial charge >= 0.3 is 0 Å². The van der Waals surface area contributed by atoms with Crippen LogP contribution in [0.1, 0.15) is 45.4 Å². The summed E-state index contributed by atoms with van der Waals surface area (Å²) < 4.78 is 0. The quantitative estimate of drug-likeness (QED) is 0.862. The highest BCUT2D eigenvalue weighted by Crippen LogP contribution is 2.28. The Hall–Kier alpha value is -1.84. The lowest BCUT2D eigenvalue weighted by Crippen LogP contribution is -2.15. The van der Waals surface area contributed by atoms with E-state index in [4.69, 9.17) is 0 Å². The molecule has 0 aromatic heterocycles. The van der Waals surface area contributed by atoms with Crippen LogP contribution in [-0.4, -0.2) is 11.8 Å². The minimum atomic E-state index is -0.0283. The Morgan fingerprint density at radius 2 is 1.70 bits per heavy atom. The van der Waals surface area contributed by atoms with Crippen LogP contribution in [0.15, 0.2) is 24.3 Å². The molecule has 2 rings (SSSR count). The molecule has 1 aromatic rings. The molecule has 4 nitrogen and oxygen atoms in total. The van der Waals surface area contributed by atoms with E-state index in [9.17, 15) is 9.59 Å². The van der Waals surface area contributed by atoms with E-state index in [0.29, 0.717) is 18.8 Å². The van der Waals surface area contributed by atoms with Gasteiger partial charge in [0.05, 0.1) is 0 Å². The molecule has 4 heteroatoms. The molecule has 0 spiro atoms. The maximum absolute atomic E-state index is 12.0. The zero-order valence-electron chi connectivity index (χ0n) is 11.9. The standard InChI is InChI=1S/C16H22N2O2/c1-2-15(19)17-13-8-5-9-14(11-13)18-16(20)10-12-6-3-4-7-12/h5,8-9,11-12H,2-4,6-7,10H2,1H3,(H,17,19)(H,18,20). The summed E-state index contributed by atoms with van der Waals surface area (Å²) in [5, 5.41) is 5.70. The fraction of sp³-hybridized carbons (Fsp3) is 0.500. The maximum Gasteiger partial charge on any atom is 0.224 e. The molecule has 1 saturated carbocycles. The molecule has 1 aliphatic rings. The fourth-order valence-corrected chi connectivity index (χ4v) is 2.61. The summed E-state index contributed by atoms with van der Waals surface area (Å²) in [6.45, 7) is 1.81. The summed E-state index contributed by atoms with van der Waals surface area (Å²) in [5.41, 5.74) is 1.46. The van der Waals surface area contributed by atoms with E-state index in [1.807, 2.05) is 25.1 Å². The number of anilines is 2. The van der Waals surface area contributed by atoms with E-state index in [2.05, 4.69) is 10.6 Å². The van der Waals surface area contributed by atoms with Crippen LogP contribution in [0, 0.1) is 5.92 Å². The first-order valence-electron chi connectivity index (χ1n) is 7.37. The second kappa shape index (κ2) is 7.08. The molecule has 0 saturated heterocycles. The first kappa shape index (κ1) is 14.6. The lowest BCUT2D eigenvalue weighted by molar-refractivity contribution is -0.117. The van der Waals surface area contributed by atoms with E-state index in [-0.39, 0.29) is 11.8 Å². The van der Waals surface area contributed by atoms with Gasteiger partial charge in [-0.05, 0) is 37.0 Å². The molecule has 0 bridgehead atoms. The third-order valence-electron chi connectivity index (χ3n) is 3.70. The topological polar surface area (TPSA) is 58.2 Å². The minimum absolute atomic E-state index is 0.0283. The number of carbonyl (C=O) groups excluding carboxylic acids is 2. The van der Waals surface area contributed by atoms with E-state index in [1.54, 1.807) is 6.07 Å². The number of rotatable bonds is 5. The van der Waals surface area contributed by atoms with Crippen molar-refractivity contribution in [1.82, 2.24) is 0 Å². The van der Waals surface area contributed by atoms with Crippen LogP contribution in [0.25, 0.3) is 0 Å². The van der Waals surface area contributed by atoms with Crippen molar-refractivity contribution in [2.45, 2.75) is 45.4 Å². The molecule has 0 unspecified atom stereocenters. The largest absolute Gasteiger partial charge is 0.326 e. The Morgan fingerprint density at radius 1 is 1.10 bits per heavy atom. The monoisotopic (exact) mass is 274 g/mol. The second-order valence-corrected chi connectivity index (χ2v) is 5.39. The molecule has 2 amide bonds. The van der Waals surface area contributed by atoms with Crippen molar-refractivity contribution in [3.8, 4) is 0 Å². The number of hydrogen-bond acceptors (Lipinski definition) is 2. The molecule has 0 atom stereocenters. The molecule has 2 N–H and O–H groups in total. The lowest BCUT2D eigenvalue weighted by Gasteiger charge is -2.11. The lowest BCUT2D eigenvalue weighted by atomic mass is 10.0. The summed E-state index contributed by atoms with van der Waals surface area (Å²) in [6.07, 6.45) is 5.87. The number of hydrogen-bond donors (Lipinski definition) is 2. The molecule has 0 heterocycles. The van der Waals surface area contributed by atoms with Crippen molar-refractivity contribution in [1.29, 1.82) is 0 Å². The first-order valence-corrected chi connectivity index (χ1v) is 7.37. The highest BCUT2D eigenvalue weighted by Gasteiger charge is 2.18. The van der Waals surface area contributed by atoms with Crippen molar-refractivity contribution >= 4 is 23.2 Å². The maximum atomic E-state index is 12.0. The smallest absolute Gasteiger partial charge is 0.224 e. The predicted octanol–water partition coefficient (Wildman–Crippen LogP) is 3.55. The number of carbonyl (C=O) groups is 2. The van der Waals surface area contributed by atoms with Gasteiger partial charge in [0.15, 0.2) is 0 Å². The summed E-state index contributed by atoms with van der Waals surface area (Å²) in [5.74, 6) is 0.577. The van der Waals surface area contributed by atoms with Crippen molar-refractivity contribution < 1.29 is 9.59 Å². The van der Waals surface area contributed by atoms with Crippen LogP contribution in [0.3, 0.4) is 0 Å². The van der Waals surface area contributed by atoms with Gasteiger partial charge in [-0.3, -0.25) is 9.59 Å². The van der Waals surface area contributed by atoms with Crippen molar-refractivity contribution in [3.63, 3.8) is 0 Å². The van der Waals surface area contributed by atoms with Gasteiger partial charge in [-0.15, -0.1) is 0 Å². The number of amides is 2. The molecule has 1 aromatic carbocycles.